The van der Waals surface area contributed by atoms with Crippen LogP contribution in [-0.4, -0.2) is 19.6 Å². The van der Waals surface area contributed by atoms with Gasteiger partial charge in [-0.2, -0.15) is 0 Å². The van der Waals surface area contributed by atoms with Crippen molar-refractivity contribution in [3.63, 3.8) is 0 Å². The Balaban J connectivity index is 1.77. The fourth-order valence-corrected chi connectivity index (χ4v) is 2.96. The molecule has 2 heteroatoms. The minimum Gasteiger partial charge on any atom is -0.371 e. The van der Waals surface area contributed by atoms with Crippen molar-refractivity contribution in [3.05, 3.63) is 29.8 Å². The predicted octanol–water partition coefficient (Wildman–Crippen LogP) is 3.35. The second-order valence-electron chi connectivity index (χ2n) is 5.74. The van der Waals surface area contributed by atoms with E-state index in [0.29, 0.717) is 6.04 Å². The van der Waals surface area contributed by atoms with Crippen LogP contribution in [0.4, 0.5) is 5.69 Å². The molecule has 0 amide bonds. The highest BCUT2D eigenvalue weighted by Gasteiger charge is 2.29. The van der Waals surface area contributed by atoms with Gasteiger partial charge in [0.25, 0.3) is 0 Å². The van der Waals surface area contributed by atoms with Gasteiger partial charge in [0.15, 0.2) is 0 Å². The molecule has 1 fully saturated rings. The summed E-state index contributed by atoms with van der Waals surface area (Å²) in [6.45, 7) is 5.86. The zero-order chi connectivity index (χ0) is 12.4. The van der Waals surface area contributed by atoms with Gasteiger partial charge in [0.05, 0.1) is 0 Å². The summed E-state index contributed by atoms with van der Waals surface area (Å²) < 4.78 is 0. The number of nitrogens with one attached hydrogen (secondary N) is 1. The van der Waals surface area contributed by atoms with Gasteiger partial charge in [-0.05, 0) is 49.8 Å². The Kier molecular flexibility index (Phi) is 3.55. The van der Waals surface area contributed by atoms with Crippen molar-refractivity contribution in [3.8, 4) is 0 Å². The fourth-order valence-electron chi connectivity index (χ4n) is 2.96. The molecule has 1 aromatic carbocycles. The van der Waals surface area contributed by atoms with Gasteiger partial charge in [-0.25, -0.2) is 0 Å². The molecule has 1 aliphatic carbocycles. The van der Waals surface area contributed by atoms with Crippen LogP contribution in [0.5, 0.6) is 0 Å². The fraction of sp³-hybridized carbons (Fsp3) is 0.625. The summed E-state index contributed by atoms with van der Waals surface area (Å²) in [5.41, 5.74) is 2.99. The van der Waals surface area contributed by atoms with Crippen molar-refractivity contribution in [1.82, 2.24) is 5.32 Å². The van der Waals surface area contributed by atoms with E-state index in [2.05, 4.69) is 41.4 Å². The summed E-state index contributed by atoms with van der Waals surface area (Å²) in [4.78, 5) is 2.61. The van der Waals surface area contributed by atoms with E-state index in [-0.39, 0.29) is 0 Å². The highest BCUT2D eigenvalue weighted by Crippen LogP contribution is 2.37. The summed E-state index contributed by atoms with van der Waals surface area (Å²) in [5.74, 6) is 0.971. The third-order valence-corrected chi connectivity index (χ3v) is 4.16. The number of benzene rings is 1. The van der Waals surface area contributed by atoms with E-state index in [1.165, 1.54) is 50.0 Å². The summed E-state index contributed by atoms with van der Waals surface area (Å²) in [6, 6.07) is 9.54. The lowest BCUT2D eigenvalue weighted by Gasteiger charge is -2.36. The second-order valence-corrected chi connectivity index (χ2v) is 5.74. The molecule has 0 bridgehead atoms. The third kappa shape index (κ3) is 2.54. The molecular formula is C16H24N2. The molecule has 0 saturated heterocycles. The molecule has 0 aromatic heterocycles. The number of hydrogen-bond donors (Lipinski definition) is 1. The average molecular weight is 244 g/mol. The molecule has 1 aliphatic heterocycles. The van der Waals surface area contributed by atoms with Gasteiger partial charge < -0.3 is 10.2 Å². The van der Waals surface area contributed by atoms with Gasteiger partial charge in [-0.3, -0.25) is 0 Å². The number of anilines is 1. The van der Waals surface area contributed by atoms with Crippen molar-refractivity contribution < 1.29 is 0 Å². The Morgan fingerprint density at radius 1 is 1.22 bits per heavy atom. The van der Waals surface area contributed by atoms with Gasteiger partial charge >= 0.3 is 0 Å². The Morgan fingerprint density at radius 2 is 2.06 bits per heavy atom. The van der Waals surface area contributed by atoms with Crippen molar-refractivity contribution >= 4 is 5.69 Å². The van der Waals surface area contributed by atoms with Crippen molar-refractivity contribution in [2.45, 2.75) is 38.6 Å². The van der Waals surface area contributed by atoms with Crippen LogP contribution in [0.1, 0.15) is 44.2 Å². The van der Waals surface area contributed by atoms with E-state index in [1.54, 1.807) is 0 Å². The molecule has 1 unspecified atom stereocenters. The zero-order valence-corrected chi connectivity index (χ0v) is 11.4. The SMILES string of the molecule is CCCNC1CCN(CC2CC2)c2ccccc21. The van der Waals surface area contributed by atoms with E-state index in [0.717, 1.165) is 12.5 Å². The molecule has 0 spiro atoms. The maximum atomic E-state index is 3.69. The van der Waals surface area contributed by atoms with Gasteiger partial charge in [0.1, 0.15) is 0 Å². The Hall–Kier alpha value is -1.02. The molecule has 2 nitrogen and oxygen atoms in total. The molecule has 18 heavy (non-hydrogen) atoms. The largest absolute Gasteiger partial charge is 0.371 e. The predicted molar refractivity (Wildman–Crippen MR) is 77.0 cm³/mol. The first-order valence-electron chi connectivity index (χ1n) is 7.45. The quantitative estimate of drug-likeness (QED) is 0.854. The first kappa shape index (κ1) is 12.0. The lowest BCUT2D eigenvalue weighted by Crippen LogP contribution is -2.37. The van der Waals surface area contributed by atoms with E-state index in [4.69, 9.17) is 0 Å². The van der Waals surface area contributed by atoms with E-state index in [9.17, 15) is 0 Å². The minimum absolute atomic E-state index is 0.566. The van der Waals surface area contributed by atoms with Gasteiger partial charge in [-0.1, -0.05) is 25.1 Å². The van der Waals surface area contributed by atoms with Crippen molar-refractivity contribution in [2.24, 2.45) is 5.92 Å². The third-order valence-electron chi connectivity index (χ3n) is 4.16. The first-order chi connectivity index (χ1) is 8.88. The molecule has 0 radical (unpaired) electrons. The van der Waals surface area contributed by atoms with Crippen LogP contribution in [0.2, 0.25) is 0 Å². The molecule has 1 aromatic rings. The zero-order valence-electron chi connectivity index (χ0n) is 11.4. The number of nitrogens with zero attached hydrogens (tertiary/aromatic N) is 1. The summed E-state index contributed by atoms with van der Waals surface area (Å²) in [7, 11) is 0. The standard InChI is InChI=1S/C16H24N2/c1-2-10-17-15-9-11-18(12-13-7-8-13)16-6-4-3-5-14(15)16/h3-6,13,15,17H,2,7-12H2,1H3. The Morgan fingerprint density at radius 3 is 2.83 bits per heavy atom. The molecule has 98 valence electrons. The lowest BCUT2D eigenvalue weighted by atomic mass is 9.96. The van der Waals surface area contributed by atoms with Gasteiger partial charge in [-0.15, -0.1) is 0 Å². The molecule has 1 atom stereocenters. The molecule has 1 N–H and O–H groups in total. The summed E-state index contributed by atoms with van der Waals surface area (Å²) in [5, 5.41) is 3.69. The normalized spacial score (nSPS) is 22.9. The monoisotopic (exact) mass is 244 g/mol. The van der Waals surface area contributed by atoms with E-state index >= 15 is 0 Å². The van der Waals surface area contributed by atoms with Crippen LogP contribution >= 0.6 is 0 Å². The first-order valence-corrected chi connectivity index (χ1v) is 7.45. The van der Waals surface area contributed by atoms with Gasteiger partial charge in [0.2, 0.25) is 0 Å². The Bertz CT molecular complexity index is 398. The lowest BCUT2D eigenvalue weighted by molar-refractivity contribution is 0.474. The highest BCUT2D eigenvalue weighted by molar-refractivity contribution is 5.57. The highest BCUT2D eigenvalue weighted by atomic mass is 15.2. The van der Waals surface area contributed by atoms with Crippen LogP contribution in [0.15, 0.2) is 24.3 Å². The molecular weight excluding hydrogens is 220 g/mol. The maximum absolute atomic E-state index is 3.69. The Labute approximate surface area is 110 Å². The smallest absolute Gasteiger partial charge is 0.0414 e. The number of para-hydroxylation sites is 1. The van der Waals surface area contributed by atoms with Crippen LogP contribution < -0.4 is 10.2 Å². The maximum Gasteiger partial charge on any atom is 0.0414 e. The average Bonchev–Trinajstić information content (AvgIpc) is 3.22. The number of fused-ring (bicyclic) bond motifs is 1. The molecule has 1 heterocycles. The van der Waals surface area contributed by atoms with Crippen molar-refractivity contribution in [1.29, 1.82) is 0 Å². The number of rotatable bonds is 5. The number of hydrogen-bond acceptors (Lipinski definition) is 2. The van der Waals surface area contributed by atoms with Gasteiger partial charge in [0, 0.05) is 24.8 Å². The van der Waals surface area contributed by atoms with Crippen LogP contribution in [0, 0.1) is 5.92 Å². The minimum atomic E-state index is 0.566. The van der Waals surface area contributed by atoms with Crippen LogP contribution in [-0.2, 0) is 0 Å². The molecule has 2 aliphatic rings. The van der Waals surface area contributed by atoms with Crippen LogP contribution in [0.25, 0.3) is 0 Å². The molecule has 3 rings (SSSR count). The van der Waals surface area contributed by atoms with Crippen LogP contribution in [0.3, 0.4) is 0 Å². The second kappa shape index (κ2) is 5.31. The summed E-state index contributed by atoms with van der Waals surface area (Å²) in [6.07, 6.45) is 5.35. The van der Waals surface area contributed by atoms with E-state index < -0.39 is 0 Å². The summed E-state index contributed by atoms with van der Waals surface area (Å²) >= 11 is 0. The van der Waals surface area contributed by atoms with E-state index in [1.807, 2.05) is 0 Å². The topological polar surface area (TPSA) is 15.3 Å². The van der Waals surface area contributed by atoms with Crippen molar-refractivity contribution in [2.75, 3.05) is 24.5 Å². The molecule has 1 saturated carbocycles.